The Balaban J connectivity index is 1.98. The van der Waals surface area contributed by atoms with Crippen molar-refractivity contribution in [2.24, 2.45) is 0 Å². The van der Waals surface area contributed by atoms with Gasteiger partial charge in [0.1, 0.15) is 22.8 Å². The van der Waals surface area contributed by atoms with Crippen LogP contribution in [0.4, 0.5) is 5.13 Å². The fourth-order valence-electron chi connectivity index (χ4n) is 1.65. The maximum absolute atomic E-state index is 11.9. The minimum atomic E-state index is -1.26. The highest BCUT2D eigenvalue weighted by Gasteiger charge is 2.27. The monoisotopic (exact) mass is 295 g/mol. The summed E-state index contributed by atoms with van der Waals surface area (Å²) in [6, 6.07) is 3.47. The summed E-state index contributed by atoms with van der Waals surface area (Å²) in [5.74, 6) is 0.806. The van der Waals surface area contributed by atoms with Crippen molar-refractivity contribution in [1.29, 1.82) is 0 Å². The second-order valence-electron chi connectivity index (χ2n) is 4.65. The molecule has 0 aliphatic heterocycles. The van der Waals surface area contributed by atoms with Crippen molar-refractivity contribution < 1.29 is 14.3 Å². The first-order valence-corrected chi connectivity index (χ1v) is 7.01. The molecule has 1 unspecified atom stereocenters. The number of anilines is 1. The van der Waals surface area contributed by atoms with E-state index >= 15 is 0 Å². The Bertz CT molecular complexity index is 604. The molecule has 0 radical (unpaired) electrons. The van der Waals surface area contributed by atoms with Gasteiger partial charge in [0.05, 0.1) is 6.54 Å². The maximum atomic E-state index is 11.9. The van der Waals surface area contributed by atoms with Crippen LogP contribution < -0.4 is 10.6 Å². The highest BCUT2D eigenvalue weighted by atomic mass is 32.1. The van der Waals surface area contributed by atoms with E-state index in [1.165, 1.54) is 11.3 Å². The zero-order valence-corrected chi connectivity index (χ0v) is 12.4. The fraction of sp³-hybridized carbons (Fsp3) is 0.385. The summed E-state index contributed by atoms with van der Waals surface area (Å²) in [4.78, 5) is 16.0. The van der Waals surface area contributed by atoms with Gasteiger partial charge in [-0.1, -0.05) is 0 Å². The van der Waals surface area contributed by atoms with Gasteiger partial charge < -0.3 is 20.2 Å². The largest absolute Gasteiger partial charge is 0.463 e. The van der Waals surface area contributed by atoms with Gasteiger partial charge >= 0.3 is 0 Å². The molecule has 7 heteroatoms. The first-order valence-electron chi connectivity index (χ1n) is 6.13. The smallest absolute Gasteiger partial charge is 0.270 e. The van der Waals surface area contributed by atoms with Crippen LogP contribution in [0.2, 0.25) is 0 Å². The number of rotatable bonds is 5. The van der Waals surface area contributed by atoms with E-state index in [1.54, 1.807) is 38.4 Å². The fourth-order valence-corrected chi connectivity index (χ4v) is 2.30. The number of nitrogens with zero attached hydrogens (tertiary/aromatic N) is 1. The van der Waals surface area contributed by atoms with Gasteiger partial charge in [-0.2, -0.15) is 0 Å². The molecule has 1 amide bonds. The van der Waals surface area contributed by atoms with E-state index in [0.717, 1.165) is 0 Å². The summed E-state index contributed by atoms with van der Waals surface area (Å²) in [5, 5.41) is 18.2. The number of hydrogen-bond acceptors (Lipinski definition) is 6. The normalized spacial score (nSPS) is 13.8. The molecule has 0 aromatic carbocycles. The quantitative estimate of drug-likeness (QED) is 0.782. The molecule has 1 atom stereocenters. The average molecular weight is 295 g/mol. The van der Waals surface area contributed by atoms with Crippen LogP contribution in [0.1, 0.15) is 28.9 Å². The van der Waals surface area contributed by atoms with Gasteiger partial charge in [0.2, 0.25) is 0 Å². The second kappa shape index (κ2) is 5.64. The molecule has 0 saturated carbocycles. The summed E-state index contributed by atoms with van der Waals surface area (Å²) in [6.07, 6.45) is 0. The van der Waals surface area contributed by atoms with E-state index in [9.17, 15) is 9.90 Å². The summed E-state index contributed by atoms with van der Waals surface area (Å²) in [6.45, 7) is 3.43. The number of aryl methyl sites for hydroxylation is 1. The highest BCUT2D eigenvalue weighted by Crippen LogP contribution is 2.22. The number of amides is 1. The molecule has 0 aliphatic rings. The highest BCUT2D eigenvalue weighted by molar-refractivity contribution is 7.13. The minimum Gasteiger partial charge on any atom is -0.463 e. The van der Waals surface area contributed by atoms with Gasteiger partial charge in [0.15, 0.2) is 5.13 Å². The Labute approximate surface area is 120 Å². The summed E-state index contributed by atoms with van der Waals surface area (Å²) in [7, 11) is 1.74. The number of aliphatic hydroxyl groups is 1. The Morgan fingerprint density at radius 3 is 2.85 bits per heavy atom. The van der Waals surface area contributed by atoms with E-state index in [1.807, 2.05) is 0 Å². The van der Waals surface area contributed by atoms with E-state index < -0.39 is 5.60 Å². The lowest BCUT2D eigenvalue weighted by molar-refractivity contribution is 0.0323. The third-order valence-corrected chi connectivity index (χ3v) is 3.67. The minimum absolute atomic E-state index is 0.0468. The molecular formula is C13H17N3O3S. The van der Waals surface area contributed by atoms with Crippen molar-refractivity contribution in [2.75, 3.05) is 18.9 Å². The van der Waals surface area contributed by atoms with E-state index in [2.05, 4.69) is 15.6 Å². The number of furan rings is 1. The molecule has 0 aliphatic carbocycles. The van der Waals surface area contributed by atoms with Crippen molar-refractivity contribution >= 4 is 22.4 Å². The van der Waals surface area contributed by atoms with Crippen molar-refractivity contribution in [3.05, 3.63) is 34.7 Å². The molecule has 0 spiro atoms. The molecule has 0 fully saturated rings. The number of nitrogens with one attached hydrogen (secondary N) is 2. The lowest BCUT2D eigenvalue weighted by Crippen LogP contribution is -2.38. The zero-order chi connectivity index (χ0) is 14.8. The summed E-state index contributed by atoms with van der Waals surface area (Å²) < 4.78 is 5.38. The molecule has 0 saturated heterocycles. The Kier molecular flexibility index (Phi) is 4.10. The molecule has 2 aromatic rings. The van der Waals surface area contributed by atoms with Crippen molar-refractivity contribution in [3.8, 4) is 0 Å². The number of carbonyl (C=O) groups is 1. The topological polar surface area (TPSA) is 87.4 Å². The first-order chi connectivity index (χ1) is 9.42. The van der Waals surface area contributed by atoms with Gasteiger partial charge in [0, 0.05) is 12.4 Å². The Hall–Kier alpha value is -1.86. The number of hydrogen-bond donors (Lipinski definition) is 3. The van der Waals surface area contributed by atoms with Crippen molar-refractivity contribution in [2.45, 2.75) is 19.4 Å². The number of thiazole rings is 1. The van der Waals surface area contributed by atoms with Crippen LogP contribution in [0, 0.1) is 6.92 Å². The van der Waals surface area contributed by atoms with Crippen LogP contribution in [-0.4, -0.2) is 29.6 Å². The van der Waals surface area contributed by atoms with Gasteiger partial charge in [0.25, 0.3) is 5.91 Å². The average Bonchev–Trinajstić information content (AvgIpc) is 3.04. The predicted octanol–water partition coefficient (Wildman–Crippen LogP) is 1.72. The predicted molar refractivity (Wildman–Crippen MR) is 77.0 cm³/mol. The molecular weight excluding hydrogens is 278 g/mol. The molecule has 6 nitrogen and oxygen atoms in total. The van der Waals surface area contributed by atoms with Gasteiger partial charge in [-0.15, -0.1) is 11.3 Å². The van der Waals surface area contributed by atoms with Gasteiger partial charge in [-0.05, 0) is 26.0 Å². The molecule has 3 N–H and O–H groups in total. The third-order valence-electron chi connectivity index (χ3n) is 2.82. The summed E-state index contributed by atoms with van der Waals surface area (Å²) >= 11 is 1.35. The van der Waals surface area contributed by atoms with Crippen LogP contribution >= 0.6 is 11.3 Å². The molecule has 2 heterocycles. The van der Waals surface area contributed by atoms with E-state index in [4.69, 9.17) is 4.42 Å². The standard InChI is InChI=1S/C13H17N3O3S/c1-8-4-5-10(19-8)13(2,18)7-15-11(17)9-6-20-12(14-3)16-9/h4-6,18H,7H2,1-3H3,(H,14,16)(H,15,17). The lowest BCUT2D eigenvalue weighted by atomic mass is 10.0. The van der Waals surface area contributed by atoms with Crippen LogP contribution in [-0.2, 0) is 5.60 Å². The number of carbonyl (C=O) groups excluding carboxylic acids is 1. The van der Waals surface area contributed by atoms with Crippen molar-refractivity contribution in [3.63, 3.8) is 0 Å². The van der Waals surface area contributed by atoms with Crippen molar-refractivity contribution in [1.82, 2.24) is 10.3 Å². The van der Waals surface area contributed by atoms with Gasteiger partial charge in [-0.3, -0.25) is 4.79 Å². The molecule has 2 aromatic heterocycles. The maximum Gasteiger partial charge on any atom is 0.270 e. The van der Waals surface area contributed by atoms with Crippen LogP contribution in [0.5, 0.6) is 0 Å². The van der Waals surface area contributed by atoms with Gasteiger partial charge in [-0.25, -0.2) is 4.98 Å². The Morgan fingerprint density at radius 1 is 1.55 bits per heavy atom. The van der Waals surface area contributed by atoms with Crippen LogP contribution in [0.3, 0.4) is 0 Å². The lowest BCUT2D eigenvalue weighted by Gasteiger charge is -2.20. The van der Waals surface area contributed by atoms with Crippen LogP contribution in [0.25, 0.3) is 0 Å². The molecule has 2 rings (SSSR count). The molecule has 0 bridgehead atoms. The Morgan fingerprint density at radius 2 is 2.30 bits per heavy atom. The second-order valence-corrected chi connectivity index (χ2v) is 5.51. The number of aromatic nitrogens is 1. The zero-order valence-electron chi connectivity index (χ0n) is 11.6. The van der Waals surface area contributed by atoms with E-state index in [-0.39, 0.29) is 12.5 Å². The molecule has 108 valence electrons. The molecule has 20 heavy (non-hydrogen) atoms. The first kappa shape index (κ1) is 14.5. The SMILES string of the molecule is CNc1nc(C(=O)NCC(C)(O)c2ccc(C)o2)cs1. The van der Waals surface area contributed by atoms with E-state index in [0.29, 0.717) is 22.3 Å². The summed E-state index contributed by atoms with van der Waals surface area (Å²) in [5.41, 5.74) is -0.933. The third kappa shape index (κ3) is 3.17. The van der Waals surface area contributed by atoms with Crippen LogP contribution in [0.15, 0.2) is 21.9 Å².